The van der Waals surface area contributed by atoms with Crippen LogP contribution in [0, 0.1) is 13.8 Å². The molecule has 1 amide bonds. The van der Waals surface area contributed by atoms with Crippen LogP contribution in [0.15, 0.2) is 22.4 Å². The number of nitrogens with one attached hydrogen (secondary N) is 1. The van der Waals surface area contributed by atoms with Crippen molar-refractivity contribution in [3.05, 3.63) is 45.3 Å². The van der Waals surface area contributed by atoms with E-state index >= 15 is 0 Å². The number of anilines is 1. The van der Waals surface area contributed by atoms with Crippen LogP contribution in [0.2, 0.25) is 0 Å². The summed E-state index contributed by atoms with van der Waals surface area (Å²) in [5.41, 5.74) is 3.02. The Balaban J connectivity index is 2.02. The molecule has 3 rings (SSSR count). The number of aryl methyl sites for hydroxylation is 2. The molecule has 0 bridgehead atoms. The van der Waals surface area contributed by atoms with Crippen molar-refractivity contribution in [1.29, 1.82) is 0 Å². The lowest BCUT2D eigenvalue weighted by atomic mass is 10.0. The third-order valence-corrected chi connectivity index (χ3v) is 8.40. The highest BCUT2D eigenvalue weighted by Crippen LogP contribution is 2.37. The number of rotatable bonds is 6. The van der Waals surface area contributed by atoms with Gasteiger partial charge >= 0.3 is 5.97 Å². The number of benzene rings is 1. The van der Waals surface area contributed by atoms with Crippen molar-refractivity contribution in [1.82, 2.24) is 4.90 Å². The van der Waals surface area contributed by atoms with Gasteiger partial charge in [0.05, 0.1) is 25.0 Å². The smallest absolute Gasteiger partial charge is 0.340 e. The molecule has 0 spiro atoms. The van der Waals surface area contributed by atoms with Crippen molar-refractivity contribution in [2.24, 2.45) is 0 Å². The fraction of sp³-hybridized carbons (Fsp3) is 0.400. The monoisotopic (exact) mass is 468 g/mol. The fourth-order valence-corrected chi connectivity index (χ4v) is 6.91. The Bertz CT molecular complexity index is 1070. The molecule has 2 heterocycles. The number of nitrogens with zero attached hydrogens (tertiary/aromatic N) is 1. The van der Waals surface area contributed by atoms with Gasteiger partial charge in [-0.15, -0.1) is 11.3 Å². The van der Waals surface area contributed by atoms with Gasteiger partial charge in [0.25, 0.3) is 10.0 Å². The summed E-state index contributed by atoms with van der Waals surface area (Å²) >= 11 is 2.47. The summed E-state index contributed by atoms with van der Waals surface area (Å²) in [6.45, 7) is 4.50. The summed E-state index contributed by atoms with van der Waals surface area (Å²) in [7, 11) is -2.78. The highest BCUT2D eigenvalue weighted by molar-refractivity contribution is 7.99. The van der Waals surface area contributed by atoms with Crippen LogP contribution in [0.1, 0.15) is 31.9 Å². The molecule has 0 atom stereocenters. The molecule has 0 saturated carbocycles. The van der Waals surface area contributed by atoms with E-state index in [-0.39, 0.29) is 15.7 Å². The number of hydrogen-bond donors (Lipinski definition) is 1. The standard InChI is InChI=1S/C20H24N2O5S3/c1-12-7-13(2)9-14(8-12)21-30(25,26)20-18(19(24)27-3)15-5-6-22(10-16(15)29-20)17(23)11-28-4/h7-9,21H,5-6,10-11H2,1-4H3. The number of thioether (sulfide) groups is 1. The minimum atomic E-state index is -4.01. The third kappa shape index (κ3) is 4.65. The van der Waals surface area contributed by atoms with Gasteiger partial charge in [-0.1, -0.05) is 6.07 Å². The number of carbonyl (C=O) groups excluding carboxylic acids is 2. The van der Waals surface area contributed by atoms with Crippen LogP contribution in [-0.4, -0.2) is 50.9 Å². The molecule has 1 aromatic carbocycles. The van der Waals surface area contributed by atoms with E-state index in [4.69, 9.17) is 4.74 Å². The Morgan fingerprint density at radius 3 is 2.50 bits per heavy atom. The van der Waals surface area contributed by atoms with Crippen LogP contribution >= 0.6 is 23.1 Å². The topological polar surface area (TPSA) is 92.8 Å². The van der Waals surface area contributed by atoms with Crippen molar-refractivity contribution < 1.29 is 22.7 Å². The lowest BCUT2D eigenvalue weighted by molar-refractivity contribution is -0.129. The quantitative estimate of drug-likeness (QED) is 0.655. The lowest BCUT2D eigenvalue weighted by Gasteiger charge is -2.27. The predicted molar refractivity (Wildman–Crippen MR) is 120 cm³/mol. The van der Waals surface area contributed by atoms with E-state index in [1.54, 1.807) is 17.0 Å². The number of amides is 1. The molecule has 1 aliphatic heterocycles. The molecular weight excluding hydrogens is 444 g/mol. The molecule has 0 radical (unpaired) electrons. The molecule has 10 heteroatoms. The Kier molecular flexibility index (Phi) is 6.78. The summed E-state index contributed by atoms with van der Waals surface area (Å²) < 4.78 is 33.8. The highest BCUT2D eigenvalue weighted by Gasteiger charge is 2.35. The maximum Gasteiger partial charge on any atom is 0.340 e. The first kappa shape index (κ1) is 22.6. The minimum Gasteiger partial charge on any atom is -0.465 e. The minimum absolute atomic E-state index is 0.000985. The van der Waals surface area contributed by atoms with E-state index in [2.05, 4.69) is 4.72 Å². The van der Waals surface area contributed by atoms with Gasteiger partial charge < -0.3 is 9.64 Å². The Hall–Kier alpha value is -2.04. The van der Waals surface area contributed by atoms with Crippen LogP contribution in [0.4, 0.5) is 5.69 Å². The van der Waals surface area contributed by atoms with Crippen molar-refractivity contribution in [3.63, 3.8) is 0 Å². The molecule has 1 N–H and O–H groups in total. The number of methoxy groups -OCH3 is 1. The van der Waals surface area contributed by atoms with Crippen molar-refractivity contribution in [2.45, 2.75) is 31.0 Å². The maximum absolute atomic E-state index is 13.2. The summed E-state index contributed by atoms with van der Waals surface area (Å²) in [4.78, 5) is 27.2. The fourth-order valence-electron chi connectivity index (χ4n) is 3.54. The summed E-state index contributed by atoms with van der Waals surface area (Å²) in [6, 6.07) is 5.42. The van der Waals surface area contributed by atoms with Crippen LogP contribution in [0.3, 0.4) is 0 Å². The van der Waals surface area contributed by atoms with Gasteiger partial charge in [0, 0.05) is 17.1 Å². The molecule has 162 valence electrons. The Morgan fingerprint density at radius 1 is 1.23 bits per heavy atom. The van der Waals surface area contributed by atoms with Crippen LogP contribution < -0.4 is 4.72 Å². The number of hydrogen-bond acceptors (Lipinski definition) is 7. The molecule has 1 aliphatic rings. The number of fused-ring (bicyclic) bond motifs is 1. The highest BCUT2D eigenvalue weighted by atomic mass is 32.2. The molecule has 2 aromatic rings. The van der Waals surface area contributed by atoms with Gasteiger partial charge in [-0.05, 0) is 55.3 Å². The molecule has 30 heavy (non-hydrogen) atoms. The zero-order valence-corrected chi connectivity index (χ0v) is 19.7. The number of thiophene rings is 1. The van der Waals surface area contributed by atoms with Crippen molar-refractivity contribution >= 4 is 50.7 Å². The zero-order chi connectivity index (χ0) is 22.1. The molecule has 1 aromatic heterocycles. The number of esters is 1. The molecule has 0 saturated heterocycles. The van der Waals surface area contributed by atoms with Gasteiger partial charge in [0.15, 0.2) is 4.21 Å². The van der Waals surface area contributed by atoms with E-state index in [0.29, 0.717) is 41.4 Å². The average Bonchev–Trinajstić information content (AvgIpc) is 3.06. The van der Waals surface area contributed by atoms with Gasteiger partial charge in [-0.3, -0.25) is 9.52 Å². The van der Waals surface area contributed by atoms with E-state index in [0.717, 1.165) is 22.5 Å². The van der Waals surface area contributed by atoms with Gasteiger partial charge in [0.2, 0.25) is 5.91 Å². The second-order valence-corrected chi connectivity index (χ2v) is 11.0. The third-order valence-electron chi connectivity index (χ3n) is 4.75. The summed E-state index contributed by atoms with van der Waals surface area (Å²) in [5.74, 6) is -0.319. The number of sulfonamides is 1. The number of ether oxygens (including phenoxy) is 1. The molecule has 0 unspecified atom stereocenters. The normalized spacial score (nSPS) is 13.7. The van der Waals surface area contributed by atoms with Crippen molar-refractivity contribution in [3.8, 4) is 0 Å². The predicted octanol–water partition coefficient (Wildman–Crippen LogP) is 3.20. The van der Waals surface area contributed by atoms with Crippen LogP contribution in [0.25, 0.3) is 0 Å². The van der Waals surface area contributed by atoms with E-state index in [1.165, 1.54) is 18.9 Å². The molecule has 0 aliphatic carbocycles. The number of carbonyl (C=O) groups is 2. The first-order valence-corrected chi connectivity index (χ1v) is 13.0. The SMILES string of the molecule is COC(=O)c1c(S(=O)(=O)Nc2cc(C)cc(C)c2)sc2c1CCN(C(=O)CSC)C2. The molecule has 7 nitrogen and oxygen atoms in total. The lowest BCUT2D eigenvalue weighted by Crippen LogP contribution is -2.36. The largest absolute Gasteiger partial charge is 0.465 e. The molecule has 0 fully saturated rings. The van der Waals surface area contributed by atoms with E-state index in [1.807, 2.05) is 26.2 Å². The van der Waals surface area contributed by atoms with Gasteiger partial charge in [0.1, 0.15) is 0 Å². The summed E-state index contributed by atoms with van der Waals surface area (Å²) in [5, 5.41) is 0. The molecular formula is C20H24N2O5S3. The van der Waals surface area contributed by atoms with Crippen LogP contribution in [-0.2, 0) is 32.5 Å². The average molecular weight is 469 g/mol. The van der Waals surface area contributed by atoms with E-state index in [9.17, 15) is 18.0 Å². The zero-order valence-electron chi connectivity index (χ0n) is 17.3. The first-order chi connectivity index (χ1) is 14.2. The van der Waals surface area contributed by atoms with Crippen molar-refractivity contribution in [2.75, 3.05) is 30.4 Å². The second-order valence-electron chi connectivity index (χ2n) is 7.14. The van der Waals surface area contributed by atoms with Crippen LogP contribution in [0.5, 0.6) is 0 Å². The Labute approximate surface area is 184 Å². The maximum atomic E-state index is 13.2. The van der Waals surface area contributed by atoms with Gasteiger partial charge in [-0.25, -0.2) is 13.2 Å². The van der Waals surface area contributed by atoms with Gasteiger partial charge in [-0.2, -0.15) is 11.8 Å². The summed E-state index contributed by atoms with van der Waals surface area (Å²) in [6.07, 6.45) is 2.27. The first-order valence-electron chi connectivity index (χ1n) is 9.27. The Morgan fingerprint density at radius 2 is 1.90 bits per heavy atom. The second kappa shape index (κ2) is 8.99. The van der Waals surface area contributed by atoms with E-state index < -0.39 is 16.0 Å².